The zero-order valence-corrected chi connectivity index (χ0v) is 25.3. The van der Waals surface area contributed by atoms with Crippen molar-refractivity contribution in [2.24, 2.45) is 5.92 Å². The normalized spacial score (nSPS) is 18.0. The van der Waals surface area contributed by atoms with Crippen LogP contribution < -0.4 is 10.1 Å². The van der Waals surface area contributed by atoms with Gasteiger partial charge in [-0.1, -0.05) is 37.3 Å². The number of alkyl halides is 3. The van der Waals surface area contributed by atoms with Gasteiger partial charge in [0, 0.05) is 25.6 Å². The lowest BCUT2D eigenvalue weighted by Gasteiger charge is -2.38. The first-order chi connectivity index (χ1) is 20.9. The predicted molar refractivity (Wildman–Crippen MR) is 163 cm³/mol. The number of thiazole rings is 1. The van der Waals surface area contributed by atoms with Crippen molar-refractivity contribution in [1.29, 1.82) is 0 Å². The maximum atomic E-state index is 13.8. The second kappa shape index (κ2) is 12.9. The summed E-state index contributed by atoms with van der Waals surface area (Å²) >= 11 is 1.25. The molecule has 44 heavy (non-hydrogen) atoms. The molecule has 1 aliphatic rings. The summed E-state index contributed by atoms with van der Waals surface area (Å²) in [6.45, 7) is 4.51. The number of ether oxygens (including phenoxy) is 1. The molecule has 4 aromatic rings. The molecule has 5 rings (SSSR count). The van der Waals surface area contributed by atoms with Crippen molar-refractivity contribution in [3.05, 3.63) is 88.4 Å². The summed E-state index contributed by atoms with van der Waals surface area (Å²) in [6, 6.07) is 16.9. The highest BCUT2D eigenvalue weighted by molar-refractivity contribution is 7.20. The van der Waals surface area contributed by atoms with Crippen LogP contribution in [0.2, 0.25) is 0 Å². The van der Waals surface area contributed by atoms with Gasteiger partial charge in [-0.15, -0.1) is 11.3 Å². The fourth-order valence-electron chi connectivity index (χ4n) is 5.19. The highest BCUT2D eigenvalue weighted by Crippen LogP contribution is 2.36. The molecule has 0 aliphatic carbocycles. The number of para-hydroxylation sites is 2. The van der Waals surface area contributed by atoms with Crippen LogP contribution in [0.3, 0.4) is 0 Å². The Morgan fingerprint density at radius 1 is 1.16 bits per heavy atom. The van der Waals surface area contributed by atoms with Crippen LogP contribution in [-0.4, -0.2) is 70.6 Å². The Hall–Kier alpha value is -4.00. The molecule has 3 aromatic carbocycles. The number of carbonyl (C=O) groups is 2. The van der Waals surface area contributed by atoms with Gasteiger partial charge in [0.2, 0.25) is 0 Å². The van der Waals surface area contributed by atoms with E-state index in [1.165, 1.54) is 23.5 Å². The highest BCUT2D eigenvalue weighted by atomic mass is 32.1. The third-order valence-corrected chi connectivity index (χ3v) is 8.69. The Balaban J connectivity index is 1.43. The first kappa shape index (κ1) is 31.4. The molecular weight excluding hydrogens is 593 g/mol. The number of aliphatic hydroxyl groups excluding tert-OH is 1. The van der Waals surface area contributed by atoms with Crippen molar-refractivity contribution in [3.8, 4) is 5.75 Å². The Morgan fingerprint density at radius 2 is 1.89 bits per heavy atom. The predicted octanol–water partition coefficient (Wildman–Crippen LogP) is 5.92. The van der Waals surface area contributed by atoms with Crippen molar-refractivity contribution in [3.63, 3.8) is 0 Å². The second-order valence-electron chi connectivity index (χ2n) is 11.1. The molecule has 2 N–H and O–H groups in total. The first-order valence-corrected chi connectivity index (χ1v) is 15.0. The zero-order valence-electron chi connectivity index (χ0n) is 24.5. The molecule has 232 valence electrons. The minimum absolute atomic E-state index is 0.204. The van der Waals surface area contributed by atoms with Gasteiger partial charge in [0.15, 0.2) is 10.8 Å². The fraction of sp³-hybridized carbons (Fsp3) is 0.344. The van der Waals surface area contributed by atoms with Gasteiger partial charge in [-0.05, 0) is 55.9 Å². The van der Waals surface area contributed by atoms with Gasteiger partial charge in [0.05, 0.1) is 39.7 Å². The van der Waals surface area contributed by atoms with E-state index in [0.29, 0.717) is 36.4 Å². The maximum Gasteiger partial charge on any atom is 0.416 e. The maximum absolute atomic E-state index is 13.8. The average Bonchev–Trinajstić information content (AvgIpc) is 3.43. The van der Waals surface area contributed by atoms with E-state index in [9.17, 15) is 27.9 Å². The summed E-state index contributed by atoms with van der Waals surface area (Å²) in [6.07, 6.45) is -4.88. The smallest absolute Gasteiger partial charge is 0.416 e. The summed E-state index contributed by atoms with van der Waals surface area (Å²) in [5, 5.41) is 13.1. The monoisotopic (exact) mass is 626 g/mol. The first-order valence-electron chi connectivity index (χ1n) is 14.2. The van der Waals surface area contributed by atoms with Gasteiger partial charge in [0.25, 0.3) is 11.8 Å². The second-order valence-corrected chi connectivity index (χ2v) is 12.2. The van der Waals surface area contributed by atoms with Crippen molar-refractivity contribution in [2.75, 3.05) is 32.1 Å². The van der Waals surface area contributed by atoms with Gasteiger partial charge >= 0.3 is 6.18 Å². The molecule has 12 heteroatoms. The summed E-state index contributed by atoms with van der Waals surface area (Å²) in [7, 11) is 1.84. The lowest BCUT2D eigenvalue weighted by molar-refractivity contribution is -0.137. The fourth-order valence-corrected chi connectivity index (χ4v) is 6.05. The number of carbonyl (C=O) groups excluding carboxylic acids is 2. The van der Waals surface area contributed by atoms with Crippen LogP contribution in [0.25, 0.3) is 10.2 Å². The number of nitrogens with zero attached hydrogens (tertiary/aromatic N) is 3. The molecule has 0 saturated carbocycles. The molecule has 0 fully saturated rings. The molecule has 0 unspecified atom stereocenters. The number of likely N-dealkylation sites (N-methyl/N-ethyl adjacent to an activating group) is 1. The summed E-state index contributed by atoms with van der Waals surface area (Å²) in [4.78, 5) is 35.0. The molecule has 0 spiro atoms. The molecule has 1 aliphatic heterocycles. The van der Waals surface area contributed by atoms with E-state index in [1.54, 1.807) is 30.0 Å². The number of anilines is 1. The molecule has 2 amide bonds. The minimum atomic E-state index is -4.41. The summed E-state index contributed by atoms with van der Waals surface area (Å²) < 4.78 is 46.5. The molecule has 1 aromatic heterocycles. The largest absolute Gasteiger partial charge is 0.486 e. The van der Waals surface area contributed by atoms with Gasteiger partial charge in [-0.2, -0.15) is 13.2 Å². The average molecular weight is 627 g/mol. The molecule has 0 radical (unpaired) electrons. The molecule has 8 nitrogen and oxygen atoms in total. The van der Waals surface area contributed by atoms with Crippen LogP contribution in [0.4, 0.5) is 18.9 Å². The van der Waals surface area contributed by atoms with E-state index < -0.39 is 29.8 Å². The molecule has 2 heterocycles. The van der Waals surface area contributed by atoms with Crippen LogP contribution in [0.15, 0.2) is 66.7 Å². The standard InChI is InChI=1S/C32H33F3N4O4S/c1-19-15-39(20(2)18-40)31(42)23-7-6-9-25(36-29(41)30-37-24-8-4-5-10-27(24)44-30)28(23)43-26(19)17-38(3)16-21-11-13-22(14-12-21)32(33,34)35/h4-14,19-20,26,40H,15-18H2,1-3H3,(H,36,41)/t19-,20-,26-/m0/s1. The van der Waals surface area contributed by atoms with E-state index in [0.717, 1.165) is 16.8 Å². The van der Waals surface area contributed by atoms with Crippen molar-refractivity contribution < 1.29 is 32.6 Å². The molecule has 3 atom stereocenters. The number of aliphatic hydroxyl groups is 1. The molecular formula is C32H33F3N4O4S. The lowest BCUT2D eigenvalue weighted by atomic mass is 9.98. The van der Waals surface area contributed by atoms with E-state index >= 15 is 0 Å². The van der Waals surface area contributed by atoms with E-state index in [2.05, 4.69) is 10.3 Å². The number of amides is 2. The Kier molecular flexibility index (Phi) is 9.23. The number of halogens is 3. The number of rotatable bonds is 8. The highest BCUT2D eigenvalue weighted by Gasteiger charge is 2.35. The zero-order chi connectivity index (χ0) is 31.6. The van der Waals surface area contributed by atoms with Crippen molar-refractivity contribution in [2.45, 2.75) is 38.7 Å². The van der Waals surface area contributed by atoms with Crippen LogP contribution in [0, 0.1) is 5.92 Å². The van der Waals surface area contributed by atoms with Crippen LogP contribution in [0.1, 0.15) is 45.1 Å². The number of aromatic nitrogens is 1. The van der Waals surface area contributed by atoms with E-state index in [1.807, 2.05) is 43.1 Å². The Labute approximate surface area is 257 Å². The van der Waals surface area contributed by atoms with Gasteiger partial charge in [0.1, 0.15) is 6.10 Å². The lowest BCUT2D eigenvalue weighted by Crippen LogP contribution is -2.49. The Bertz CT molecular complexity index is 1610. The van der Waals surface area contributed by atoms with E-state index in [-0.39, 0.29) is 34.8 Å². The van der Waals surface area contributed by atoms with Gasteiger partial charge in [-0.3, -0.25) is 14.5 Å². The number of hydrogen-bond donors (Lipinski definition) is 2. The van der Waals surface area contributed by atoms with Gasteiger partial charge in [-0.25, -0.2) is 4.98 Å². The third kappa shape index (κ3) is 6.87. The van der Waals surface area contributed by atoms with Crippen LogP contribution in [0.5, 0.6) is 5.75 Å². The quantitative estimate of drug-likeness (QED) is 0.252. The third-order valence-electron chi connectivity index (χ3n) is 7.65. The minimum Gasteiger partial charge on any atom is -0.486 e. The molecule has 0 saturated heterocycles. The molecule has 0 bridgehead atoms. The van der Waals surface area contributed by atoms with Crippen LogP contribution >= 0.6 is 11.3 Å². The van der Waals surface area contributed by atoms with Crippen molar-refractivity contribution in [1.82, 2.24) is 14.8 Å². The van der Waals surface area contributed by atoms with Gasteiger partial charge < -0.3 is 20.1 Å². The summed E-state index contributed by atoms with van der Waals surface area (Å²) in [5.74, 6) is -0.769. The Morgan fingerprint density at radius 3 is 2.57 bits per heavy atom. The van der Waals surface area contributed by atoms with E-state index in [4.69, 9.17) is 4.74 Å². The topological polar surface area (TPSA) is 95.0 Å². The van der Waals surface area contributed by atoms with Crippen molar-refractivity contribution >= 4 is 39.1 Å². The number of nitrogens with one attached hydrogen (secondary N) is 1. The SMILES string of the molecule is C[C@H]1CN([C@@H](C)CO)C(=O)c2cccc(NC(=O)c3nc4ccccc4s3)c2O[C@H]1CN(C)Cc1ccc(C(F)(F)F)cc1. The number of fused-ring (bicyclic) bond motifs is 2. The number of hydrogen-bond acceptors (Lipinski definition) is 7. The number of benzene rings is 3. The van der Waals surface area contributed by atoms with Crippen LogP contribution in [-0.2, 0) is 12.7 Å². The summed E-state index contributed by atoms with van der Waals surface area (Å²) in [5.41, 5.74) is 1.25.